The van der Waals surface area contributed by atoms with Crippen molar-refractivity contribution >= 4 is 17.6 Å². The van der Waals surface area contributed by atoms with Crippen LogP contribution in [0, 0.1) is 17.5 Å². The zero-order chi connectivity index (χ0) is 20.3. The largest absolute Gasteiger partial charge is 0.449 e. The van der Waals surface area contributed by atoms with E-state index in [0.29, 0.717) is 11.3 Å². The van der Waals surface area contributed by atoms with E-state index in [4.69, 9.17) is 9.15 Å². The third-order valence-corrected chi connectivity index (χ3v) is 3.80. The van der Waals surface area contributed by atoms with Crippen LogP contribution in [0.25, 0.3) is 11.3 Å². The van der Waals surface area contributed by atoms with Crippen LogP contribution in [0.5, 0.6) is 0 Å². The highest BCUT2D eigenvalue weighted by molar-refractivity contribution is 5.96. The Morgan fingerprint density at radius 2 is 1.61 bits per heavy atom. The number of anilines is 1. The molecule has 0 aliphatic carbocycles. The molecule has 0 radical (unpaired) electrons. The lowest BCUT2D eigenvalue weighted by Crippen LogP contribution is -2.30. The van der Waals surface area contributed by atoms with E-state index in [-0.39, 0.29) is 5.76 Å². The van der Waals surface area contributed by atoms with Crippen LogP contribution in [0.1, 0.15) is 17.5 Å². The van der Waals surface area contributed by atoms with Gasteiger partial charge in [-0.1, -0.05) is 6.07 Å². The van der Waals surface area contributed by atoms with E-state index in [1.807, 2.05) is 5.32 Å². The molecule has 8 heteroatoms. The van der Waals surface area contributed by atoms with Crippen molar-refractivity contribution in [3.63, 3.8) is 0 Å². The fraction of sp³-hybridized carbons (Fsp3) is 0.100. The third kappa shape index (κ3) is 4.22. The number of ether oxygens (including phenoxy) is 1. The fourth-order valence-electron chi connectivity index (χ4n) is 2.33. The predicted molar refractivity (Wildman–Crippen MR) is 94.0 cm³/mol. The number of rotatable bonds is 5. The Bertz CT molecular complexity index is 994. The maximum Gasteiger partial charge on any atom is 0.375 e. The summed E-state index contributed by atoms with van der Waals surface area (Å²) in [4.78, 5) is 24.2. The second kappa shape index (κ2) is 7.99. The van der Waals surface area contributed by atoms with Crippen molar-refractivity contribution in [2.45, 2.75) is 13.0 Å². The van der Waals surface area contributed by atoms with Gasteiger partial charge in [0.25, 0.3) is 5.91 Å². The van der Waals surface area contributed by atoms with Gasteiger partial charge in [0.2, 0.25) is 5.76 Å². The van der Waals surface area contributed by atoms with Crippen LogP contribution in [0.15, 0.2) is 59.0 Å². The van der Waals surface area contributed by atoms with Crippen LogP contribution in [-0.2, 0) is 9.53 Å². The number of hydrogen-bond donors (Lipinski definition) is 1. The van der Waals surface area contributed by atoms with Crippen molar-refractivity contribution in [2.75, 3.05) is 5.32 Å². The number of furan rings is 1. The summed E-state index contributed by atoms with van der Waals surface area (Å²) < 4.78 is 50.5. The smallest absolute Gasteiger partial charge is 0.375 e. The highest BCUT2D eigenvalue weighted by atomic mass is 19.1. The molecule has 144 valence electrons. The monoisotopic (exact) mass is 389 g/mol. The lowest BCUT2D eigenvalue weighted by atomic mass is 10.2. The topological polar surface area (TPSA) is 68.5 Å². The highest BCUT2D eigenvalue weighted by Crippen LogP contribution is 2.23. The molecule has 0 aliphatic rings. The van der Waals surface area contributed by atoms with Crippen molar-refractivity contribution < 1.29 is 31.9 Å². The van der Waals surface area contributed by atoms with Gasteiger partial charge in [0.1, 0.15) is 28.9 Å². The van der Waals surface area contributed by atoms with Gasteiger partial charge < -0.3 is 14.5 Å². The number of halogens is 3. The molecule has 0 saturated heterocycles. The summed E-state index contributed by atoms with van der Waals surface area (Å²) in [5.74, 6) is -4.06. The van der Waals surface area contributed by atoms with Crippen LogP contribution >= 0.6 is 0 Å². The molecule has 3 rings (SSSR count). The van der Waals surface area contributed by atoms with Crippen LogP contribution < -0.4 is 5.32 Å². The van der Waals surface area contributed by atoms with E-state index in [9.17, 15) is 22.8 Å². The van der Waals surface area contributed by atoms with E-state index in [2.05, 4.69) is 0 Å². The van der Waals surface area contributed by atoms with Gasteiger partial charge in [-0.05, 0) is 55.5 Å². The quantitative estimate of drug-likeness (QED) is 0.650. The van der Waals surface area contributed by atoms with E-state index < -0.39 is 41.1 Å². The van der Waals surface area contributed by atoms with Gasteiger partial charge >= 0.3 is 5.97 Å². The zero-order valence-corrected chi connectivity index (χ0v) is 14.5. The molecular weight excluding hydrogens is 375 g/mol. The van der Waals surface area contributed by atoms with Gasteiger partial charge in [0, 0.05) is 5.56 Å². The summed E-state index contributed by atoms with van der Waals surface area (Å²) in [6.07, 6.45) is -1.34. The predicted octanol–water partition coefficient (Wildman–Crippen LogP) is 4.55. The summed E-state index contributed by atoms with van der Waals surface area (Å²) in [5, 5.41) is 2.04. The van der Waals surface area contributed by atoms with Crippen LogP contribution in [0.2, 0.25) is 0 Å². The molecule has 2 aromatic carbocycles. The second-order valence-electron chi connectivity index (χ2n) is 5.80. The number of carbonyl (C=O) groups excluding carboxylic acids is 2. The molecule has 0 spiro atoms. The van der Waals surface area contributed by atoms with Crippen molar-refractivity contribution in [3.8, 4) is 11.3 Å². The summed E-state index contributed by atoms with van der Waals surface area (Å²) in [7, 11) is 0. The average molecular weight is 389 g/mol. The molecule has 0 aliphatic heterocycles. The first kappa shape index (κ1) is 19.2. The highest BCUT2D eigenvalue weighted by Gasteiger charge is 2.23. The summed E-state index contributed by atoms with van der Waals surface area (Å²) in [6.45, 7) is 1.25. The average Bonchev–Trinajstić information content (AvgIpc) is 3.15. The minimum atomic E-state index is -1.34. The van der Waals surface area contributed by atoms with Gasteiger partial charge in [-0.15, -0.1) is 0 Å². The first-order valence-electron chi connectivity index (χ1n) is 8.17. The van der Waals surface area contributed by atoms with Gasteiger partial charge in [-0.2, -0.15) is 0 Å². The minimum Gasteiger partial charge on any atom is -0.449 e. The molecule has 0 fully saturated rings. The molecule has 0 bridgehead atoms. The zero-order valence-electron chi connectivity index (χ0n) is 14.5. The molecule has 5 nitrogen and oxygen atoms in total. The molecule has 1 heterocycles. The molecule has 1 amide bonds. The normalized spacial score (nSPS) is 11.7. The lowest BCUT2D eigenvalue weighted by Gasteiger charge is -2.13. The van der Waals surface area contributed by atoms with Crippen molar-refractivity contribution in [1.82, 2.24) is 0 Å². The number of para-hydroxylation sites is 1. The first-order valence-corrected chi connectivity index (χ1v) is 8.17. The van der Waals surface area contributed by atoms with Crippen LogP contribution in [0.4, 0.5) is 18.9 Å². The molecule has 1 N–H and O–H groups in total. The second-order valence-corrected chi connectivity index (χ2v) is 5.80. The summed E-state index contributed by atoms with van der Waals surface area (Å²) in [5.41, 5.74) is -0.0896. The first-order chi connectivity index (χ1) is 13.3. The molecule has 1 atom stereocenters. The Labute approximate surface area is 157 Å². The standard InChI is InChI=1S/C20H14F3NO4/c1-11(19(25)24-18-14(22)3-2-4-15(18)23)27-20(26)17-10-9-16(28-17)12-5-7-13(21)8-6-12/h2-11H,1H3,(H,24,25)/t11-/m1/s1. The lowest BCUT2D eigenvalue weighted by molar-refractivity contribution is -0.123. The maximum atomic E-state index is 13.6. The molecule has 28 heavy (non-hydrogen) atoms. The van der Waals surface area contributed by atoms with Crippen molar-refractivity contribution in [1.29, 1.82) is 0 Å². The molecule has 1 aromatic heterocycles. The van der Waals surface area contributed by atoms with E-state index in [1.165, 1.54) is 43.3 Å². The maximum absolute atomic E-state index is 13.6. The number of esters is 1. The fourth-order valence-corrected chi connectivity index (χ4v) is 2.33. The Hall–Kier alpha value is -3.55. The Morgan fingerprint density at radius 1 is 0.964 bits per heavy atom. The van der Waals surface area contributed by atoms with Crippen molar-refractivity contribution in [3.05, 3.63) is 77.8 Å². The molecule has 0 saturated carbocycles. The number of nitrogens with one attached hydrogen (secondary N) is 1. The number of hydrogen-bond acceptors (Lipinski definition) is 4. The van der Waals surface area contributed by atoms with E-state index >= 15 is 0 Å². The van der Waals surface area contributed by atoms with E-state index in [0.717, 1.165) is 18.2 Å². The third-order valence-electron chi connectivity index (χ3n) is 3.80. The van der Waals surface area contributed by atoms with Crippen LogP contribution in [-0.4, -0.2) is 18.0 Å². The molecule has 0 unspecified atom stereocenters. The van der Waals surface area contributed by atoms with Gasteiger partial charge in [0.15, 0.2) is 6.10 Å². The summed E-state index contributed by atoms with van der Waals surface area (Å²) in [6, 6.07) is 11.4. The van der Waals surface area contributed by atoms with Crippen LogP contribution in [0.3, 0.4) is 0 Å². The SMILES string of the molecule is C[C@@H](OC(=O)c1ccc(-c2ccc(F)cc2)o1)C(=O)Nc1c(F)cccc1F. The van der Waals surface area contributed by atoms with E-state index in [1.54, 1.807) is 0 Å². The Balaban J connectivity index is 1.65. The molecular formula is C20H14F3NO4. The number of carbonyl (C=O) groups is 2. The van der Waals surface area contributed by atoms with Gasteiger partial charge in [0.05, 0.1) is 0 Å². The minimum absolute atomic E-state index is 0.184. The van der Waals surface area contributed by atoms with Crippen molar-refractivity contribution in [2.24, 2.45) is 0 Å². The number of amides is 1. The van der Waals surface area contributed by atoms with Gasteiger partial charge in [-0.3, -0.25) is 4.79 Å². The number of benzene rings is 2. The summed E-state index contributed by atoms with van der Waals surface area (Å²) >= 11 is 0. The van der Waals surface area contributed by atoms with Gasteiger partial charge in [-0.25, -0.2) is 18.0 Å². The Kier molecular flexibility index (Phi) is 5.49. The molecule has 3 aromatic rings. The Morgan fingerprint density at radius 3 is 2.25 bits per heavy atom.